The lowest BCUT2D eigenvalue weighted by Gasteiger charge is -2.05. The van der Waals surface area contributed by atoms with Crippen LogP contribution in [0.2, 0.25) is 5.02 Å². The first-order valence-corrected chi connectivity index (χ1v) is 5.03. The molecule has 0 amide bonds. The van der Waals surface area contributed by atoms with Crippen molar-refractivity contribution in [2.24, 2.45) is 0 Å². The van der Waals surface area contributed by atoms with Crippen LogP contribution in [-0.4, -0.2) is 5.11 Å². The molecule has 2 aromatic rings. The lowest BCUT2D eigenvalue weighted by molar-refractivity contribution is 0.434. The van der Waals surface area contributed by atoms with E-state index in [4.69, 9.17) is 11.6 Å². The van der Waals surface area contributed by atoms with E-state index in [9.17, 15) is 9.50 Å². The molecule has 0 atom stereocenters. The summed E-state index contributed by atoms with van der Waals surface area (Å²) in [5.74, 6) is -1.22. The molecular weight excluding hydrogens is 270 g/mol. The fourth-order valence-electron chi connectivity index (χ4n) is 1.33. The van der Waals surface area contributed by atoms with Crippen LogP contribution in [-0.2, 0) is 0 Å². The first-order chi connectivity index (χ1) is 6.61. The molecule has 0 aliphatic carbocycles. The molecule has 2 rings (SSSR count). The molecule has 0 aromatic heterocycles. The Morgan fingerprint density at radius 2 is 2.07 bits per heavy atom. The van der Waals surface area contributed by atoms with Gasteiger partial charge < -0.3 is 5.11 Å². The Labute approximate surface area is 93.2 Å². The van der Waals surface area contributed by atoms with Crippen LogP contribution in [0, 0.1) is 5.82 Å². The number of rotatable bonds is 0. The van der Waals surface area contributed by atoms with E-state index in [0.29, 0.717) is 15.2 Å². The van der Waals surface area contributed by atoms with Crippen molar-refractivity contribution in [2.75, 3.05) is 0 Å². The Morgan fingerprint density at radius 1 is 1.36 bits per heavy atom. The number of hydrogen-bond donors (Lipinski definition) is 1. The Balaban J connectivity index is 2.99. The molecule has 0 aliphatic heterocycles. The van der Waals surface area contributed by atoms with Gasteiger partial charge in [0.25, 0.3) is 0 Å². The maximum atomic E-state index is 13.2. The molecule has 0 radical (unpaired) electrons. The van der Waals surface area contributed by atoms with Crippen molar-refractivity contribution in [2.45, 2.75) is 0 Å². The van der Waals surface area contributed by atoms with Gasteiger partial charge in [0, 0.05) is 9.86 Å². The van der Waals surface area contributed by atoms with Crippen molar-refractivity contribution in [1.29, 1.82) is 0 Å². The van der Waals surface area contributed by atoms with Crippen LogP contribution < -0.4 is 0 Å². The molecule has 72 valence electrons. The van der Waals surface area contributed by atoms with E-state index in [1.807, 2.05) is 0 Å². The molecule has 14 heavy (non-hydrogen) atoms. The van der Waals surface area contributed by atoms with Gasteiger partial charge in [-0.05, 0) is 17.5 Å². The molecule has 0 saturated carbocycles. The van der Waals surface area contributed by atoms with Crippen molar-refractivity contribution in [1.82, 2.24) is 0 Å². The molecule has 0 heterocycles. The van der Waals surface area contributed by atoms with Gasteiger partial charge in [-0.3, -0.25) is 0 Å². The summed E-state index contributed by atoms with van der Waals surface area (Å²) in [7, 11) is 0. The zero-order valence-corrected chi connectivity index (χ0v) is 9.23. The highest BCUT2D eigenvalue weighted by Crippen LogP contribution is 2.36. The number of phenols is 1. The summed E-state index contributed by atoms with van der Waals surface area (Å²) in [4.78, 5) is 0. The molecule has 1 N–H and O–H groups in total. The number of hydrogen-bond acceptors (Lipinski definition) is 1. The minimum Gasteiger partial charge on any atom is -0.505 e. The van der Waals surface area contributed by atoms with Gasteiger partial charge in [0.15, 0.2) is 11.6 Å². The average molecular weight is 276 g/mol. The summed E-state index contributed by atoms with van der Waals surface area (Å²) in [6, 6.07) is 6.66. The quantitative estimate of drug-likeness (QED) is 0.767. The minimum atomic E-state index is -0.786. The third-order valence-corrected chi connectivity index (χ3v) is 2.99. The van der Waals surface area contributed by atoms with Gasteiger partial charge in [-0.1, -0.05) is 39.7 Å². The highest BCUT2D eigenvalue weighted by Gasteiger charge is 2.12. The van der Waals surface area contributed by atoms with E-state index >= 15 is 0 Å². The molecule has 0 saturated heterocycles. The highest BCUT2D eigenvalue weighted by molar-refractivity contribution is 9.10. The second-order valence-electron chi connectivity index (χ2n) is 2.86. The summed E-state index contributed by atoms with van der Waals surface area (Å²) in [6.07, 6.45) is 0. The summed E-state index contributed by atoms with van der Waals surface area (Å²) in [5, 5.41) is 10.4. The van der Waals surface area contributed by atoms with Gasteiger partial charge in [-0.25, -0.2) is 4.39 Å². The van der Waals surface area contributed by atoms with Crippen molar-refractivity contribution in [3.8, 4) is 5.75 Å². The fraction of sp³-hybridized carbons (Fsp3) is 0. The fourth-order valence-corrected chi connectivity index (χ4v) is 2.33. The van der Waals surface area contributed by atoms with Crippen molar-refractivity contribution in [3.63, 3.8) is 0 Å². The van der Waals surface area contributed by atoms with E-state index in [1.54, 1.807) is 18.2 Å². The third-order valence-electron chi connectivity index (χ3n) is 1.98. The van der Waals surface area contributed by atoms with Gasteiger partial charge in [-0.2, -0.15) is 0 Å². The summed E-state index contributed by atoms with van der Waals surface area (Å²) < 4.78 is 13.9. The predicted octanol–water partition coefficient (Wildman–Crippen LogP) is 4.10. The lowest BCUT2D eigenvalue weighted by Crippen LogP contribution is -1.83. The molecule has 2 aromatic carbocycles. The van der Waals surface area contributed by atoms with Crippen LogP contribution in [0.4, 0.5) is 4.39 Å². The number of aromatic hydroxyl groups is 1. The molecule has 0 bridgehead atoms. The average Bonchev–Trinajstić information content (AvgIpc) is 2.14. The standard InChI is InChI=1S/C10H5BrClFO/c11-6-3-1-2-5-4-7(14)10(13)9(12)8(5)6/h1-4,14H. The van der Waals surface area contributed by atoms with Crippen molar-refractivity contribution < 1.29 is 9.50 Å². The van der Waals surface area contributed by atoms with Crippen LogP contribution in [0.3, 0.4) is 0 Å². The van der Waals surface area contributed by atoms with Crippen LogP contribution in [0.1, 0.15) is 0 Å². The van der Waals surface area contributed by atoms with Crippen molar-refractivity contribution in [3.05, 3.63) is 39.6 Å². The number of phenolic OH excluding ortho intramolecular Hbond substituents is 1. The Kier molecular flexibility index (Phi) is 2.37. The first kappa shape index (κ1) is 9.74. The molecule has 0 unspecified atom stereocenters. The normalized spacial score (nSPS) is 10.8. The van der Waals surface area contributed by atoms with E-state index in [-0.39, 0.29) is 5.02 Å². The topological polar surface area (TPSA) is 20.2 Å². The Bertz CT molecular complexity index is 513. The first-order valence-electron chi connectivity index (χ1n) is 3.86. The molecule has 0 aliphatic rings. The van der Waals surface area contributed by atoms with Gasteiger partial charge in [0.2, 0.25) is 0 Å². The monoisotopic (exact) mass is 274 g/mol. The van der Waals surface area contributed by atoms with E-state index in [2.05, 4.69) is 15.9 Å². The van der Waals surface area contributed by atoms with Gasteiger partial charge in [0.05, 0.1) is 5.02 Å². The largest absolute Gasteiger partial charge is 0.505 e. The van der Waals surface area contributed by atoms with Crippen LogP contribution in [0.15, 0.2) is 28.7 Å². The van der Waals surface area contributed by atoms with E-state index in [0.717, 1.165) is 0 Å². The highest BCUT2D eigenvalue weighted by atomic mass is 79.9. The minimum absolute atomic E-state index is 0.0625. The van der Waals surface area contributed by atoms with Crippen LogP contribution >= 0.6 is 27.5 Å². The number of fused-ring (bicyclic) bond motifs is 1. The number of halogens is 3. The van der Waals surface area contributed by atoms with Gasteiger partial charge in [0.1, 0.15) is 0 Å². The third kappa shape index (κ3) is 1.37. The lowest BCUT2D eigenvalue weighted by atomic mass is 10.1. The van der Waals surface area contributed by atoms with Crippen LogP contribution in [0.25, 0.3) is 10.8 Å². The molecule has 4 heteroatoms. The van der Waals surface area contributed by atoms with E-state index in [1.165, 1.54) is 6.07 Å². The SMILES string of the molecule is Oc1cc2cccc(Br)c2c(Cl)c1F. The maximum Gasteiger partial charge on any atom is 0.184 e. The predicted molar refractivity (Wildman–Crippen MR) is 58.3 cm³/mol. The van der Waals surface area contributed by atoms with Gasteiger partial charge in [-0.15, -0.1) is 0 Å². The Hall–Kier alpha value is -0.800. The van der Waals surface area contributed by atoms with Crippen molar-refractivity contribution >= 4 is 38.3 Å². The summed E-state index contributed by atoms with van der Waals surface area (Å²) >= 11 is 9.05. The molecular formula is C10H5BrClFO. The maximum absolute atomic E-state index is 13.2. The summed E-state index contributed by atoms with van der Waals surface area (Å²) in [6.45, 7) is 0. The zero-order valence-electron chi connectivity index (χ0n) is 6.89. The molecule has 0 spiro atoms. The summed E-state index contributed by atoms with van der Waals surface area (Å²) in [5.41, 5.74) is 0. The number of benzene rings is 2. The zero-order chi connectivity index (χ0) is 10.3. The smallest absolute Gasteiger partial charge is 0.184 e. The molecule has 0 fully saturated rings. The van der Waals surface area contributed by atoms with E-state index < -0.39 is 11.6 Å². The molecule has 1 nitrogen and oxygen atoms in total. The second kappa shape index (κ2) is 3.41. The Morgan fingerprint density at radius 3 is 2.79 bits per heavy atom. The van der Waals surface area contributed by atoms with Crippen LogP contribution in [0.5, 0.6) is 5.75 Å². The second-order valence-corrected chi connectivity index (χ2v) is 4.09. The van der Waals surface area contributed by atoms with Gasteiger partial charge >= 0.3 is 0 Å².